The van der Waals surface area contributed by atoms with Gasteiger partial charge in [0.15, 0.2) is 5.82 Å². The molecule has 0 bridgehead atoms. The summed E-state index contributed by atoms with van der Waals surface area (Å²) in [4.78, 5) is 0. The smallest absolute Gasteiger partial charge is 0.263 e. The van der Waals surface area contributed by atoms with Gasteiger partial charge in [-0.3, -0.25) is 5.10 Å². The molecular formula is C13H13FN8. The minimum Gasteiger partial charge on any atom is -0.335 e. The average molecular weight is 300 g/mol. The summed E-state index contributed by atoms with van der Waals surface area (Å²) in [6, 6.07) is 6.09. The number of nitrogens with zero attached hydrogens (tertiary/aromatic N) is 5. The zero-order valence-corrected chi connectivity index (χ0v) is 11.7. The van der Waals surface area contributed by atoms with E-state index in [1.807, 2.05) is 0 Å². The molecule has 0 radical (unpaired) electrons. The van der Waals surface area contributed by atoms with Crippen molar-refractivity contribution < 1.29 is 4.39 Å². The van der Waals surface area contributed by atoms with Gasteiger partial charge >= 0.3 is 0 Å². The molecule has 8 nitrogen and oxygen atoms in total. The summed E-state index contributed by atoms with van der Waals surface area (Å²) in [6.07, 6.45) is 3.18. The van der Waals surface area contributed by atoms with Gasteiger partial charge < -0.3 is 5.84 Å². The zero-order chi connectivity index (χ0) is 15.5. The van der Waals surface area contributed by atoms with Gasteiger partial charge in [-0.15, -0.1) is 10.2 Å². The Balaban J connectivity index is 1.79. The number of halogens is 1. The number of aromatic nitrogens is 5. The molecule has 0 aliphatic carbocycles. The molecule has 0 atom stereocenters. The third-order valence-electron chi connectivity index (χ3n) is 3.04. The van der Waals surface area contributed by atoms with E-state index in [9.17, 15) is 4.39 Å². The average Bonchev–Trinajstić information content (AvgIpc) is 3.10. The van der Waals surface area contributed by atoms with Gasteiger partial charge in [-0.25, -0.2) is 14.5 Å². The maximum absolute atomic E-state index is 13.0. The fraction of sp³-hybridized carbons (Fsp3) is 0.0769. The monoisotopic (exact) mass is 300 g/mol. The number of anilines is 1. The van der Waals surface area contributed by atoms with E-state index in [0.29, 0.717) is 11.8 Å². The number of aromatic amines is 1. The number of rotatable bonds is 4. The van der Waals surface area contributed by atoms with Crippen molar-refractivity contribution >= 4 is 12.2 Å². The lowest BCUT2D eigenvalue weighted by Gasteiger charge is -2.01. The molecule has 112 valence electrons. The Morgan fingerprint density at radius 2 is 2.09 bits per heavy atom. The topological polar surface area (TPSA) is 110 Å². The van der Waals surface area contributed by atoms with Crippen LogP contribution in [0.1, 0.15) is 11.4 Å². The van der Waals surface area contributed by atoms with E-state index in [2.05, 4.69) is 30.9 Å². The van der Waals surface area contributed by atoms with Crippen LogP contribution in [0.5, 0.6) is 0 Å². The number of hydrogen-bond acceptors (Lipinski definition) is 6. The molecule has 0 unspecified atom stereocenters. The molecule has 1 aromatic carbocycles. The van der Waals surface area contributed by atoms with Crippen LogP contribution < -0.4 is 11.3 Å². The van der Waals surface area contributed by atoms with Crippen molar-refractivity contribution in [3.8, 4) is 11.3 Å². The highest BCUT2D eigenvalue weighted by molar-refractivity contribution is 5.88. The zero-order valence-electron chi connectivity index (χ0n) is 11.7. The number of H-pyrrole nitrogens is 1. The number of aryl methyl sites for hydroxylation is 1. The molecule has 0 spiro atoms. The predicted molar refractivity (Wildman–Crippen MR) is 80.1 cm³/mol. The molecule has 4 N–H and O–H groups in total. The van der Waals surface area contributed by atoms with Crippen LogP contribution in [-0.4, -0.2) is 31.3 Å². The number of nitrogen functional groups attached to an aromatic ring is 1. The molecule has 2 heterocycles. The Morgan fingerprint density at radius 3 is 2.77 bits per heavy atom. The summed E-state index contributed by atoms with van der Waals surface area (Å²) >= 11 is 0. The van der Waals surface area contributed by atoms with Crippen LogP contribution in [-0.2, 0) is 0 Å². The molecule has 9 heteroatoms. The van der Waals surface area contributed by atoms with E-state index in [1.165, 1.54) is 16.8 Å². The summed E-state index contributed by atoms with van der Waals surface area (Å²) in [5.41, 5.74) is 4.96. The standard InChI is InChI=1S/C13H13FN8/c1-8-18-21-13(22(8)15)20-17-7-10-6-16-19-12(10)9-2-4-11(14)5-3-9/h2-7H,15H2,1H3,(H,16,19)(H,20,21)/b17-7-. The van der Waals surface area contributed by atoms with E-state index >= 15 is 0 Å². The second-order valence-electron chi connectivity index (χ2n) is 4.52. The van der Waals surface area contributed by atoms with Gasteiger partial charge in [0.05, 0.1) is 18.1 Å². The van der Waals surface area contributed by atoms with Crippen LogP contribution in [0, 0.1) is 12.7 Å². The van der Waals surface area contributed by atoms with E-state index in [1.54, 1.807) is 31.5 Å². The van der Waals surface area contributed by atoms with Crippen molar-refractivity contribution in [3.05, 3.63) is 47.7 Å². The summed E-state index contributed by atoms with van der Waals surface area (Å²) in [5.74, 6) is 6.29. The van der Waals surface area contributed by atoms with E-state index in [4.69, 9.17) is 5.84 Å². The van der Waals surface area contributed by atoms with E-state index < -0.39 is 0 Å². The van der Waals surface area contributed by atoms with Crippen LogP contribution in [0.2, 0.25) is 0 Å². The lowest BCUT2D eigenvalue weighted by molar-refractivity contribution is 0.628. The van der Waals surface area contributed by atoms with Gasteiger partial charge in [0.1, 0.15) is 5.82 Å². The van der Waals surface area contributed by atoms with Gasteiger partial charge in [0.2, 0.25) is 0 Å². The highest BCUT2D eigenvalue weighted by Crippen LogP contribution is 2.20. The second-order valence-corrected chi connectivity index (χ2v) is 4.52. The Hall–Kier alpha value is -3.23. The number of hydrazone groups is 1. The first kappa shape index (κ1) is 13.7. The predicted octanol–water partition coefficient (Wildman–Crippen LogP) is 1.28. The van der Waals surface area contributed by atoms with Crippen LogP contribution in [0.15, 0.2) is 35.6 Å². The number of nitrogens with one attached hydrogen (secondary N) is 2. The summed E-state index contributed by atoms with van der Waals surface area (Å²) in [5, 5.41) is 18.5. The normalized spacial score (nSPS) is 11.2. The second kappa shape index (κ2) is 5.64. The minimum absolute atomic E-state index is 0.294. The third kappa shape index (κ3) is 2.64. The number of hydrogen-bond donors (Lipinski definition) is 3. The molecule has 0 aliphatic heterocycles. The van der Waals surface area contributed by atoms with Gasteiger partial charge in [0, 0.05) is 11.1 Å². The number of nitrogens with two attached hydrogens (primary N) is 1. The molecule has 0 amide bonds. The lowest BCUT2D eigenvalue weighted by atomic mass is 10.1. The molecule has 0 aliphatic rings. The maximum Gasteiger partial charge on any atom is 0.263 e. The van der Waals surface area contributed by atoms with Gasteiger partial charge in [-0.2, -0.15) is 10.2 Å². The fourth-order valence-corrected chi connectivity index (χ4v) is 1.85. The van der Waals surface area contributed by atoms with E-state index in [0.717, 1.165) is 16.8 Å². The first-order valence-corrected chi connectivity index (χ1v) is 6.40. The van der Waals surface area contributed by atoms with Crippen LogP contribution in [0.25, 0.3) is 11.3 Å². The van der Waals surface area contributed by atoms with Crippen molar-refractivity contribution in [2.75, 3.05) is 11.3 Å². The first-order chi connectivity index (χ1) is 10.6. The molecule has 2 aromatic heterocycles. The molecule has 22 heavy (non-hydrogen) atoms. The SMILES string of the molecule is Cc1nnc(N/N=C\c2cn[nH]c2-c2ccc(F)cc2)n1N. The summed E-state index contributed by atoms with van der Waals surface area (Å²) in [6.45, 7) is 1.73. The van der Waals surface area contributed by atoms with Gasteiger partial charge in [-0.05, 0) is 31.2 Å². The molecule has 3 rings (SSSR count). The largest absolute Gasteiger partial charge is 0.335 e. The summed E-state index contributed by atoms with van der Waals surface area (Å²) in [7, 11) is 0. The molecule has 0 saturated carbocycles. The highest BCUT2D eigenvalue weighted by Gasteiger charge is 2.07. The van der Waals surface area contributed by atoms with Crippen LogP contribution in [0.4, 0.5) is 10.3 Å². The Kier molecular flexibility index (Phi) is 3.52. The van der Waals surface area contributed by atoms with Crippen molar-refractivity contribution in [3.63, 3.8) is 0 Å². The van der Waals surface area contributed by atoms with Crippen molar-refractivity contribution in [1.82, 2.24) is 25.1 Å². The Labute approximate surface area is 124 Å². The van der Waals surface area contributed by atoms with Crippen LogP contribution in [0.3, 0.4) is 0 Å². The summed E-state index contributed by atoms with van der Waals surface area (Å²) < 4.78 is 14.3. The molecular weight excluding hydrogens is 287 g/mol. The van der Waals surface area contributed by atoms with Crippen molar-refractivity contribution in [2.24, 2.45) is 5.10 Å². The Bertz CT molecular complexity index is 802. The number of benzene rings is 1. The molecule has 3 aromatic rings. The van der Waals surface area contributed by atoms with Crippen molar-refractivity contribution in [1.29, 1.82) is 0 Å². The van der Waals surface area contributed by atoms with Crippen LogP contribution >= 0.6 is 0 Å². The quantitative estimate of drug-likeness (QED) is 0.382. The minimum atomic E-state index is -0.294. The lowest BCUT2D eigenvalue weighted by Crippen LogP contribution is -2.13. The molecule has 0 saturated heterocycles. The third-order valence-corrected chi connectivity index (χ3v) is 3.04. The van der Waals surface area contributed by atoms with Gasteiger partial charge in [-0.1, -0.05) is 0 Å². The highest BCUT2D eigenvalue weighted by atomic mass is 19.1. The molecule has 0 fully saturated rings. The van der Waals surface area contributed by atoms with Crippen molar-refractivity contribution in [2.45, 2.75) is 6.92 Å². The van der Waals surface area contributed by atoms with Gasteiger partial charge in [0.25, 0.3) is 5.95 Å². The maximum atomic E-state index is 13.0. The Morgan fingerprint density at radius 1 is 1.32 bits per heavy atom. The first-order valence-electron chi connectivity index (χ1n) is 6.40. The van der Waals surface area contributed by atoms with E-state index in [-0.39, 0.29) is 5.82 Å². The fourth-order valence-electron chi connectivity index (χ4n) is 1.85.